The van der Waals surface area contributed by atoms with Crippen LogP contribution < -0.4 is 21.1 Å². The molecule has 0 spiro atoms. The average Bonchev–Trinajstić information content (AvgIpc) is 2.81. The van der Waals surface area contributed by atoms with Gasteiger partial charge in [0.2, 0.25) is 21.5 Å². The van der Waals surface area contributed by atoms with Crippen molar-refractivity contribution < 1.29 is 41.1 Å². The Labute approximate surface area is 203 Å². The van der Waals surface area contributed by atoms with Gasteiger partial charge in [-0.15, -0.1) is 0 Å². The number of nitrogen functional groups attached to an aromatic ring is 1. The highest BCUT2D eigenvalue weighted by Gasteiger charge is 2.63. The van der Waals surface area contributed by atoms with Gasteiger partial charge in [-0.25, -0.2) is 13.2 Å². The summed E-state index contributed by atoms with van der Waals surface area (Å²) in [6.07, 6.45) is -6.16. The number of sulfonamides is 1. The molecule has 0 saturated carbocycles. The lowest BCUT2D eigenvalue weighted by Crippen LogP contribution is -2.68. The van der Waals surface area contributed by atoms with E-state index in [9.17, 15) is 41.1 Å². The number of nitrogens with two attached hydrogens (primary N) is 1. The van der Waals surface area contributed by atoms with Gasteiger partial charge in [0.15, 0.2) is 0 Å². The van der Waals surface area contributed by atoms with Crippen LogP contribution in [0.5, 0.6) is 0 Å². The Kier molecular flexibility index (Phi) is 8.77. The van der Waals surface area contributed by atoms with E-state index >= 15 is 0 Å². The number of aliphatic carboxylic acids is 1. The van der Waals surface area contributed by atoms with E-state index in [0.29, 0.717) is 5.56 Å². The van der Waals surface area contributed by atoms with Crippen LogP contribution in [-0.2, 0) is 19.6 Å². The van der Waals surface area contributed by atoms with E-state index in [1.807, 2.05) is 0 Å². The van der Waals surface area contributed by atoms with Gasteiger partial charge in [-0.3, -0.25) is 15.0 Å². The molecule has 0 aliphatic carbocycles. The number of carboxylic acid groups (broad SMARTS) is 1. The molecule has 0 aliphatic rings. The number of carbonyl (C=O) groups is 3. The van der Waals surface area contributed by atoms with E-state index in [0.717, 1.165) is 12.1 Å². The molecule has 2 rings (SSSR count). The molecule has 7 N–H and O–H groups in total. The van der Waals surface area contributed by atoms with Crippen LogP contribution in [0.1, 0.15) is 22.3 Å². The van der Waals surface area contributed by atoms with Crippen LogP contribution in [0, 0.1) is 5.41 Å². The second kappa shape index (κ2) is 11.2. The number of alkyl halides is 3. The normalized spacial score (nSPS) is 13.3. The van der Waals surface area contributed by atoms with Crippen LogP contribution in [0.15, 0.2) is 59.5 Å². The number of carboxylic acids is 1. The number of amides is 2. The second-order valence-corrected chi connectivity index (χ2v) is 9.08. The summed E-state index contributed by atoms with van der Waals surface area (Å²) in [6.45, 7) is -1.96. The monoisotopic (exact) mass is 529 g/mol. The van der Waals surface area contributed by atoms with Crippen LogP contribution in [0.25, 0.3) is 0 Å². The molecule has 2 amide bonds. The number of hydrogen-bond acceptors (Lipinski definition) is 6. The predicted molar refractivity (Wildman–Crippen MR) is 121 cm³/mol. The molecular weight excluding hydrogens is 507 g/mol. The Morgan fingerprint density at radius 3 is 2.00 bits per heavy atom. The highest BCUT2D eigenvalue weighted by atomic mass is 32.2. The zero-order valence-electron chi connectivity index (χ0n) is 18.4. The number of halogens is 3. The van der Waals surface area contributed by atoms with Crippen molar-refractivity contribution in [3.63, 3.8) is 0 Å². The molecule has 0 radical (unpaired) electrons. The minimum atomic E-state index is -5.63. The number of carbonyl (C=O) groups excluding carboxylic acids is 2. The molecule has 194 valence electrons. The smallest absolute Gasteiger partial charge is 0.420 e. The van der Waals surface area contributed by atoms with Gasteiger partial charge in [-0.2, -0.15) is 17.9 Å². The molecule has 0 saturated heterocycles. The second-order valence-electron chi connectivity index (χ2n) is 7.40. The maximum Gasteiger partial charge on any atom is 0.420 e. The molecule has 0 unspecified atom stereocenters. The molecule has 11 nitrogen and oxygen atoms in total. The number of hydrogen-bond donors (Lipinski definition) is 6. The first-order chi connectivity index (χ1) is 16.7. The molecule has 1 atom stereocenters. The number of benzene rings is 2. The summed E-state index contributed by atoms with van der Waals surface area (Å²) in [4.78, 5) is 35.2. The van der Waals surface area contributed by atoms with Gasteiger partial charge in [0, 0.05) is 24.1 Å². The Morgan fingerprint density at radius 1 is 0.944 bits per heavy atom. The maximum absolute atomic E-state index is 13.8. The molecule has 0 bridgehead atoms. The summed E-state index contributed by atoms with van der Waals surface area (Å²) in [5.74, 6) is -4.47. The van der Waals surface area contributed by atoms with Crippen LogP contribution in [0.4, 0.5) is 13.2 Å². The third-order valence-electron chi connectivity index (χ3n) is 4.86. The molecule has 0 heterocycles. The fraction of sp³-hybridized carbons (Fsp3) is 0.238. The first-order valence-electron chi connectivity index (χ1n) is 10.1. The van der Waals surface area contributed by atoms with Crippen molar-refractivity contribution in [2.75, 3.05) is 13.1 Å². The number of nitrogens with one attached hydrogen (secondary N) is 4. The topological polar surface area (TPSA) is 192 Å². The molecule has 0 aliphatic heterocycles. The van der Waals surface area contributed by atoms with Crippen molar-refractivity contribution in [1.82, 2.24) is 15.4 Å². The zero-order chi connectivity index (χ0) is 27.1. The van der Waals surface area contributed by atoms with E-state index in [1.54, 1.807) is 5.32 Å². The molecule has 2 aromatic rings. The fourth-order valence-corrected chi connectivity index (χ4v) is 4.20. The molecular formula is C21H22F3N5O6S. The van der Waals surface area contributed by atoms with Gasteiger partial charge in [0.05, 0.1) is 11.4 Å². The van der Waals surface area contributed by atoms with Gasteiger partial charge in [0.1, 0.15) is 5.84 Å². The van der Waals surface area contributed by atoms with Crippen LogP contribution in [-0.4, -0.2) is 61.9 Å². The lowest BCUT2D eigenvalue weighted by Gasteiger charge is -2.32. The van der Waals surface area contributed by atoms with Crippen molar-refractivity contribution >= 4 is 33.6 Å². The first-order valence-corrected chi connectivity index (χ1v) is 11.6. The van der Waals surface area contributed by atoms with Crippen molar-refractivity contribution in [3.05, 3.63) is 65.7 Å². The van der Waals surface area contributed by atoms with Gasteiger partial charge in [-0.05, 0) is 24.3 Å². The summed E-state index contributed by atoms with van der Waals surface area (Å²) < 4.78 is 67.5. The quantitative estimate of drug-likeness (QED) is 0.181. The highest BCUT2D eigenvalue weighted by Crippen LogP contribution is 2.32. The standard InChI is InChI=1S/C21H22F3N5O6S/c22-21(23,24)20(19(32)33,29-36(34,35)15-4-2-1-3-5-15)12-28-16(30)10-11-27-18(31)14-8-6-13(7-9-14)17(25)26/h1-9,29H,10-12H2,(H3,25,26)(H,27,31)(H,28,30)(H,32,33)/t20-/m0/s1. The largest absolute Gasteiger partial charge is 0.480 e. The van der Waals surface area contributed by atoms with Crippen LogP contribution >= 0.6 is 0 Å². The third kappa shape index (κ3) is 6.79. The minimum Gasteiger partial charge on any atom is -0.480 e. The Morgan fingerprint density at radius 2 is 1.50 bits per heavy atom. The van der Waals surface area contributed by atoms with Gasteiger partial charge in [-0.1, -0.05) is 30.3 Å². The Bertz CT molecular complexity index is 1240. The summed E-state index contributed by atoms with van der Waals surface area (Å²) in [6, 6.07) is 11.4. The third-order valence-corrected chi connectivity index (χ3v) is 6.37. The van der Waals surface area contributed by atoms with Gasteiger partial charge < -0.3 is 21.5 Å². The number of amidine groups is 1. The van der Waals surface area contributed by atoms with Crippen molar-refractivity contribution in [2.24, 2.45) is 5.73 Å². The van der Waals surface area contributed by atoms with E-state index < -0.39 is 57.4 Å². The maximum atomic E-state index is 13.8. The molecule has 2 aromatic carbocycles. The first kappa shape index (κ1) is 28.3. The molecule has 36 heavy (non-hydrogen) atoms. The predicted octanol–water partition coefficient (Wildman–Crippen LogP) is 0.571. The van der Waals surface area contributed by atoms with E-state index in [-0.39, 0.29) is 17.9 Å². The Balaban J connectivity index is 2.05. The fourth-order valence-electron chi connectivity index (χ4n) is 2.83. The average molecular weight is 529 g/mol. The van der Waals surface area contributed by atoms with Crippen molar-refractivity contribution in [2.45, 2.75) is 23.0 Å². The number of rotatable bonds is 11. The minimum absolute atomic E-state index is 0.165. The lowest BCUT2D eigenvalue weighted by molar-refractivity contribution is -0.204. The van der Waals surface area contributed by atoms with Gasteiger partial charge in [0.25, 0.3) is 5.91 Å². The molecule has 0 fully saturated rings. The van der Waals surface area contributed by atoms with Gasteiger partial charge >= 0.3 is 12.1 Å². The van der Waals surface area contributed by atoms with E-state index in [2.05, 4.69) is 5.32 Å². The van der Waals surface area contributed by atoms with Crippen LogP contribution in [0.2, 0.25) is 0 Å². The summed E-state index contributed by atoms with van der Waals surface area (Å²) in [5, 5.41) is 20.8. The van der Waals surface area contributed by atoms with E-state index in [1.165, 1.54) is 47.2 Å². The van der Waals surface area contributed by atoms with Crippen molar-refractivity contribution in [3.8, 4) is 0 Å². The summed E-state index contributed by atoms with van der Waals surface area (Å²) in [7, 11) is -4.94. The SMILES string of the molecule is N=C(N)c1ccc(C(=O)NCCC(=O)NC[C@](NS(=O)(=O)c2ccccc2)(C(=O)O)C(F)(F)F)cc1. The van der Waals surface area contributed by atoms with Crippen LogP contribution in [0.3, 0.4) is 0 Å². The summed E-state index contributed by atoms with van der Waals surface area (Å²) >= 11 is 0. The highest BCUT2D eigenvalue weighted by molar-refractivity contribution is 7.89. The zero-order valence-corrected chi connectivity index (χ0v) is 19.2. The van der Waals surface area contributed by atoms with E-state index in [4.69, 9.17) is 11.1 Å². The lowest BCUT2D eigenvalue weighted by atomic mass is 10.0. The molecule has 0 aromatic heterocycles. The van der Waals surface area contributed by atoms with Crippen molar-refractivity contribution in [1.29, 1.82) is 5.41 Å². The Hall–Kier alpha value is -3.98. The summed E-state index contributed by atoms with van der Waals surface area (Å²) in [5.41, 5.74) is 1.80. The molecule has 15 heteroatoms.